The van der Waals surface area contributed by atoms with Crippen molar-refractivity contribution < 1.29 is 14.7 Å². The number of hydrogen-bond acceptors (Lipinski definition) is 2. The van der Waals surface area contributed by atoms with Crippen molar-refractivity contribution in [1.82, 2.24) is 5.32 Å². The Balaban J connectivity index is 2.59. The molecule has 6 heteroatoms. The lowest BCUT2D eigenvalue weighted by atomic mass is 10.1. The molecular weight excluding hydrogens is 277 g/mol. The molecule has 1 unspecified atom stereocenters. The van der Waals surface area contributed by atoms with Crippen LogP contribution in [0.25, 0.3) is 0 Å². The average molecular weight is 290 g/mol. The minimum atomic E-state index is -0.993. The Morgan fingerprint density at radius 2 is 1.94 bits per heavy atom. The van der Waals surface area contributed by atoms with Crippen LogP contribution < -0.4 is 5.32 Å². The maximum absolute atomic E-state index is 11.4. The van der Waals surface area contributed by atoms with Gasteiger partial charge in [-0.3, -0.25) is 9.59 Å². The Morgan fingerprint density at radius 3 is 2.50 bits per heavy atom. The van der Waals surface area contributed by atoms with E-state index in [1.165, 1.54) is 0 Å². The van der Waals surface area contributed by atoms with Crippen LogP contribution in [0.5, 0.6) is 0 Å². The second-order valence-electron chi connectivity index (χ2n) is 3.86. The van der Waals surface area contributed by atoms with Crippen LogP contribution in [0.3, 0.4) is 0 Å². The molecule has 1 aromatic carbocycles. The van der Waals surface area contributed by atoms with E-state index in [0.29, 0.717) is 10.0 Å². The molecule has 4 nitrogen and oxygen atoms in total. The molecule has 18 heavy (non-hydrogen) atoms. The van der Waals surface area contributed by atoms with Crippen molar-refractivity contribution >= 4 is 35.1 Å². The fourth-order valence-electron chi connectivity index (χ4n) is 1.40. The molecule has 0 aliphatic carbocycles. The smallest absolute Gasteiger partial charge is 0.303 e. The number of carboxylic acids is 1. The van der Waals surface area contributed by atoms with Gasteiger partial charge in [0, 0.05) is 6.42 Å². The van der Waals surface area contributed by atoms with Gasteiger partial charge in [0.1, 0.15) is 0 Å². The standard InChI is InChI=1S/C12H13Cl2NO3/c1-7(15-11(16)4-5-12(17)18)8-2-3-9(13)10(14)6-8/h2-3,6-7H,4-5H2,1H3,(H,15,16)(H,17,18). The molecule has 0 aliphatic rings. The van der Waals surface area contributed by atoms with Gasteiger partial charge in [0.2, 0.25) is 5.91 Å². The lowest BCUT2D eigenvalue weighted by molar-refractivity contribution is -0.138. The molecule has 98 valence electrons. The topological polar surface area (TPSA) is 66.4 Å². The van der Waals surface area contributed by atoms with Gasteiger partial charge in [0.05, 0.1) is 22.5 Å². The summed E-state index contributed by atoms with van der Waals surface area (Å²) in [7, 11) is 0. The first-order valence-corrected chi connectivity index (χ1v) is 6.12. The van der Waals surface area contributed by atoms with E-state index in [4.69, 9.17) is 28.3 Å². The van der Waals surface area contributed by atoms with Gasteiger partial charge in [0.15, 0.2) is 0 Å². The van der Waals surface area contributed by atoms with Crippen molar-refractivity contribution in [2.45, 2.75) is 25.8 Å². The third kappa shape index (κ3) is 4.55. The minimum absolute atomic E-state index is 0.0407. The van der Waals surface area contributed by atoms with Gasteiger partial charge in [-0.05, 0) is 24.6 Å². The average Bonchev–Trinajstić information content (AvgIpc) is 2.30. The van der Waals surface area contributed by atoms with Crippen molar-refractivity contribution in [3.05, 3.63) is 33.8 Å². The number of carbonyl (C=O) groups excluding carboxylic acids is 1. The largest absolute Gasteiger partial charge is 0.481 e. The second-order valence-corrected chi connectivity index (χ2v) is 4.67. The zero-order valence-corrected chi connectivity index (χ0v) is 11.3. The summed E-state index contributed by atoms with van der Waals surface area (Å²) < 4.78 is 0. The zero-order valence-electron chi connectivity index (χ0n) is 9.74. The molecular formula is C12H13Cl2NO3. The summed E-state index contributed by atoms with van der Waals surface area (Å²) in [4.78, 5) is 21.8. The van der Waals surface area contributed by atoms with Crippen LogP contribution in [0.1, 0.15) is 31.4 Å². The number of carbonyl (C=O) groups is 2. The number of aliphatic carboxylic acids is 1. The van der Waals surface area contributed by atoms with E-state index in [9.17, 15) is 9.59 Å². The molecule has 0 saturated heterocycles. The summed E-state index contributed by atoms with van der Waals surface area (Å²) in [6.07, 6.45) is -0.221. The summed E-state index contributed by atoms with van der Waals surface area (Å²) >= 11 is 11.7. The van der Waals surface area contributed by atoms with Crippen LogP contribution in [0.15, 0.2) is 18.2 Å². The predicted octanol–water partition coefficient (Wildman–Crippen LogP) is 3.04. The third-order valence-corrected chi connectivity index (χ3v) is 3.13. The fourth-order valence-corrected chi connectivity index (χ4v) is 1.71. The second kappa shape index (κ2) is 6.61. The van der Waals surface area contributed by atoms with E-state index >= 15 is 0 Å². The van der Waals surface area contributed by atoms with Gasteiger partial charge >= 0.3 is 5.97 Å². The Kier molecular flexibility index (Phi) is 5.44. The van der Waals surface area contributed by atoms with Crippen molar-refractivity contribution in [1.29, 1.82) is 0 Å². The highest BCUT2D eigenvalue weighted by molar-refractivity contribution is 6.42. The molecule has 2 N–H and O–H groups in total. The predicted molar refractivity (Wildman–Crippen MR) is 69.9 cm³/mol. The monoisotopic (exact) mass is 289 g/mol. The Labute approximate surface area is 115 Å². The highest BCUT2D eigenvalue weighted by Crippen LogP contribution is 2.25. The first-order valence-electron chi connectivity index (χ1n) is 5.36. The number of halogens is 2. The number of amides is 1. The summed E-state index contributed by atoms with van der Waals surface area (Å²) in [6.45, 7) is 1.79. The molecule has 0 aliphatic heterocycles. The lowest BCUT2D eigenvalue weighted by Crippen LogP contribution is -2.26. The number of nitrogens with one attached hydrogen (secondary N) is 1. The van der Waals surface area contributed by atoms with E-state index in [1.54, 1.807) is 25.1 Å². The normalized spacial score (nSPS) is 11.9. The van der Waals surface area contributed by atoms with Crippen molar-refractivity contribution in [3.63, 3.8) is 0 Å². The maximum Gasteiger partial charge on any atom is 0.303 e. The van der Waals surface area contributed by atoms with Crippen LogP contribution in [0.4, 0.5) is 0 Å². The Morgan fingerprint density at radius 1 is 1.28 bits per heavy atom. The summed E-state index contributed by atoms with van der Waals surface area (Å²) in [5, 5.41) is 12.0. The van der Waals surface area contributed by atoms with Gasteiger partial charge < -0.3 is 10.4 Å². The molecule has 1 atom stereocenters. The van der Waals surface area contributed by atoms with E-state index in [0.717, 1.165) is 5.56 Å². The summed E-state index contributed by atoms with van der Waals surface area (Å²) in [5.41, 5.74) is 0.813. The lowest BCUT2D eigenvalue weighted by Gasteiger charge is -2.14. The number of hydrogen-bond donors (Lipinski definition) is 2. The van der Waals surface area contributed by atoms with Crippen LogP contribution >= 0.6 is 23.2 Å². The SMILES string of the molecule is CC(NC(=O)CCC(=O)O)c1ccc(Cl)c(Cl)c1. The third-order valence-electron chi connectivity index (χ3n) is 2.39. The van der Waals surface area contributed by atoms with Crippen molar-refractivity contribution in [3.8, 4) is 0 Å². The fraction of sp³-hybridized carbons (Fsp3) is 0.333. The first kappa shape index (κ1) is 14.8. The Bertz CT molecular complexity index is 463. The number of carboxylic acid groups (broad SMARTS) is 1. The van der Waals surface area contributed by atoms with Crippen molar-refractivity contribution in [2.24, 2.45) is 0 Å². The number of benzene rings is 1. The summed E-state index contributed by atoms with van der Waals surface area (Å²) in [5.74, 6) is -1.30. The molecule has 1 aromatic rings. The molecule has 1 amide bonds. The molecule has 0 fully saturated rings. The molecule has 0 radical (unpaired) electrons. The van der Waals surface area contributed by atoms with E-state index in [-0.39, 0.29) is 24.8 Å². The molecule has 0 saturated carbocycles. The molecule has 0 heterocycles. The van der Waals surface area contributed by atoms with Crippen LogP contribution in [0.2, 0.25) is 10.0 Å². The molecule has 0 bridgehead atoms. The summed E-state index contributed by atoms with van der Waals surface area (Å²) in [6, 6.07) is 4.84. The molecule has 0 aromatic heterocycles. The van der Waals surface area contributed by atoms with Gasteiger partial charge in [-0.15, -0.1) is 0 Å². The maximum atomic E-state index is 11.4. The van der Waals surface area contributed by atoms with E-state index < -0.39 is 5.97 Å². The van der Waals surface area contributed by atoms with Crippen LogP contribution in [-0.2, 0) is 9.59 Å². The van der Waals surface area contributed by atoms with Crippen molar-refractivity contribution in [2.75, 3.05) is 0 Å². The van der Waals surface area contributed by atoms with Gasteiger partial charge in [-0.1, -0.05) is 29.3 Å². The highest BCUT2D eigenvalue weighted by Gasteiger charge is 2.12. The van der Waals surface area contributed by atoms with Crippen LogP contribution in [-0.4, -0.2) is 17.0 Å². The molecule has 1 rings (SSSR count). The van der Waals surface area contributed by atoms with E-state index in [2.05, 4.69) is 5.32 Å². The Hall–Kier alpha value is -1.26. The van der Waals surface area contributed by atoms with Gasteiger partial charge in [-0.2, -0.15) is 0 Å². The van der Waals surface area contributed by atoms with Crippen LogP contribution in [0, 0.1) is 0 Å². The quantitative estimate of drug-likeness (QED) is 0.876. The van der Waals surface area contributed by atoms with Gasteiger partial charge in [-0.25, -0.2) is 0 Å². The van der Waals surface area contributed by atoms with E-state index in [1.807, 2.05) is 0 Å². The van der Waals surface area contributed by atoms with Gasteiger partial charge in [0.25, 0.3) is 0 Å². The molecule has 0 spiro atoms. The minimum Gasteiger partial charge on any atom is -0.481 e. The highest BCUT2D eigenvalue weighted by atomic mass is 35.5. The number of rotatable bonds is 5. The zero-order chi connectivity index (χ0) is 13.7. The first-order chi connectivity index (χ1) is 8.40.